The van der Waals surface area contributed by atoms with Crippen molar-refractivity contribution in [1.82, 2.24) is 4.98 Å². The fraction of sp³-hybridized carbons (Fsp3) is 0.269. The smallest absolute Gasteiger partial charge is 0.416 e. The molecule has 4 rings (SSSR count). The Kier molecular flexibility index (Phi) is 6.96. The van der Waals surface area contributed by atoms with Crippen molar-refractivity contribution in [3.8, 4) is 11.3 Å². The van der Waals surface area contributed by atoms with E-state index < -0.39 is 52.9 Å². The van der Waals surface area contributed by atoms with E-state index in [4.69, 9.17) is 0 Å². The van der Waals surface area contributed by atoms with Gasteiger partial charge in [0.05, 0.1) is 23.1 Å². The van der Waals surface area contributed by atoms with Gasteiger partial charge < -0.3 is 15.4 Å². The van der Waals surface area contributed by atoms with E-state index in [0.717, 1.165) is 11.6 Å². The molecule has 1 aromatic heterocycles. The van der Waals surface area contributed by atoms with Gasteiger partial charge in [-0.1, -0.05) is 36.8 Å². The molecule has 1 aliphatic carbocycles. The third kappa shape index (κ3) is 5.32. The highest BCUT2D eigenvalue weighted by atomic mass is 19.4. The summed E-state index contributed by atoms with van der Waals surface area (Å²) in [6.07, 6.45) is -3.45. The van der Waals surface area contributed by atoms with Crippen LogP contribution < -0.4 is 10.9 Å². The Balaban J connectivity index is 1.56. The van der Waals surface area contributed by atoms with Gasteiger partial charge in [0.1, 0.15) is 5.82 Å². The number of aromatic amines is 1. The van der Waals surface area contributed by atoms with Gasteiger partial charge in [0.2, 0.25) is 11.5 Å². The first-order chi connectivity index (χ1) is 17.0. The number of nitrogens with one attached hydrogen (secondary N) is 2. The third-order valence-corrected chi connectivity index (χ3v) is 6.49. The summed E-state index contributed by atoms with van der Waals surface area (Å²) in [5.41, 5.74) is 0.132. The number of aromatic nitrogens is 1. The molecule has 1 saturated carbocycles. The molecule has 188 valence electrons. The van der Waals surface area contributed by atoms with Gasteiger partial charge in [0, 0.05) is 11.8 Å². The van der Waals surface area contributed by atoms with Crippen LogP contribution in [0, 0.1) is 17.7 Å². The molecule has 1 heterocycles. The number of hydrogen-bond donors (Lipinski definition) is 3. The zero-order chi connectivity index (χ0) is 26.0. The summed E-state index contributed by atoms with van der Waals surface area (Å²) in [6, 6.07) is 13.5. The van der Waals surface area contributed by atoms with Crippen molar-refractivity contribution in [3.63, 3.8) is 0 Å². The molecule has 36 heavy (non-hydrogen) atoms. The van der Waals surface area contributed by atoms with Gasteiger partial charge in [0.15, 0.2) is 0 Å². The number of rotatable bonds is 5. The first-order valence-corrected chi connectivity index (χ1v) is 11.2. The van der Waals surface area contributed by atoms with Crippen LogP contribution in [0.2, 0.25) is 0 Å². The SMILES string of the molecule is O=C(O)[C@@H]1[C@@H](c2ccc(-c3cccc(=O)[nH]3)cc2)CCC[C@H]1C(=O)Nc1ccc(C(F)(F)F)cc1F. The summed E-state index contributed by atoms with van der Waals surface area (Å²) in [6.45, 7) is 0. The topological polar surface area (TPSA) is 99.3 Å². The van der Waals surface area contributed by atoms with Crippen molar-refractivity contribution in [2.75, 3.05) is 5.32 Å². The molecule has 10 heteroatoms. The fourth-order valence-electron chi connectivity index (χ4n) is 4.75. The van der Waals surface area contributed by atoms with Crippen molar-refractivity contribution in [2.45, 2.75) is 31.4 Å². The fourth-order valence-corrected chi connectivity index (χ4v) is 4.75. The summed E-state index contributed by atoms with van der Waals surface area (Å²) in [7, 11) is 0. The molecule has 3 atom stereocenters. The van der Waals surface area contributed by atoms with Crippen molar-refractivity contribution in [2.24, 2.45) is 11.8 Å². The van der Waals surface area contributed by atoms with E-state index in [0.29, 0.717) is 30.2 Å². The molecule has 0 unspecified atom stereocenters. The molecule has 0 spiro atoms. The molecule has 0 saturated heterocycles. The number of anilines is 1. The van der Waals surface area contributed by atoms with Crippen LogP contribution in [0.5, 0.6) is 0 Å². The minimum Gasteiger partial charge on any atom is -0.481 e. The van der Waals surface area contributed by atoms with Crippen LogP contribution in [0.15, 0.2) is 65.5 Å². The van der Waals surface area contributed by atoms with Crippen LogP contribution in [-0.2, 0) is 15.8 Å². The molecule has 0 bridgehead atoms. The summed E-state index contributed by atoms with van der Waals surface area (Å²) in [5, 5.41) is 12.3. The summed E-state index contributed by atoms with van der Waals surface area (Å²) >= 11 is 0. The Labute approximate surface area is 203 Å². The van der Waals surface area contributed by atoms with Gasteiger partial charge in [0.25, 0.3) is 0 Å². The Bertz CT molecular complexity index is 1330. The second kappa shape index (κ2) is 9.96. The van der Waals surface area contributed by atoms with Crippen molar-refractivity contribution >= 4 is 17.6 Å². The van der Waals surface area contributed by atoms with Crippen molar-refractivity contribution in [3.05, 3.63) is 88.0 Å². The standard InChI is InChI=1S/C26H22F4N2O4/c27-19-13-16(26(28,29)30)11-12-21(19)32-24(34)18-4-1-3-17(23(18)25(35)36)14-7-9-15(10-8-14)20-5-2-6-22(33)31-20/h2,5-13,17-18,23H,1,3-4H2,(H,31,33)(H,32,34)(H,35,36)/t17-,18-,23-/m1/s1. The van der Waals surface area contributed by atoms with E-state index >= 15 is 0 Å². The van der Waals surface area contributed by atoms with Crippen LogP contribution in [0.4, 0.5) is 23.2 Å². The largest absolute Gasteiger partial charge is 0.481 e. The van der Waals surface area contributed by atoms with E-state index in [-0.39, 0.29) is 18.0 Å². The Hall–Kier alpha value is -3.95. The van der Waals surface area contributed by atoms with Crippen LogP contribution in [0.3, 0.4) is 0 Å². The number of hydrogen-bond acceptors (Lipinski definition) is 3. The zero-order valence-corrected chi connectivity index (χ0v) is 18.8. The number of benzene rings is 2. The van der Waals surface area contributed by atoms with Crippen LogP contribution >= 0.6 is 0 Å². The maximum Gasteiger partial charge on any atom is 0.416 e. The lowest BCUT2D eigenvalue weighted by atomic mass is 9.69. The minimum absolute atomic E-state index is 0.241. The predicted octanol–water partition coefficient (Wildman–Crippen LogP) is 5.42. The lowest BCUT2D eigenvalue weighted by Gasteiger charge is -2.35. The highest BCUT2D eigenvalue weighted by Crippen LogP contribution is 2.42. The average molecular weight is 502 g/mol. The van der Waals surface area contributed by atoms with Gasteiger partial charge in [-0.2, -0.15) is 13.2 Å². The first-order valence-electron chi connectivity index (χ1n) is 11.2. The Morgan fingerprint density at radius 1 is 1.00 bits per heavy atom. The van der Waals surface area contributed by atoms with Gasteiger partial charge in [-0.25, -0.2) is 4.39 Å². The number of halogens is 4. The van der Waals surface area contributed by atoms with Crippen LogP contribution in [-0.4, -0.2) is 22.0 Å². The number of amides is 1. The molecule has 3 aromatic rings. The summed E-state index contributed by atoms with van der Waals surface area (Å²) in [4.78, 5) is 39.5. The van der Waals surface area contributed by atoms with E-state index in [2.05, 4.69) is 10.3 Å². The second-order valence-electron chi connectivity index (χ2n) is 8.74. The lowest BCUT2D eigenvalue weighted by molar-refractivity contribution is -0.148. The number of carbonyl (C=O) groups excluding carboxylic acids is 1. The number of aliphatic carboxylic acids is 1. The molecular formula is C26H22F4N2O4. The van der Waals surface area contributed by atoms with Crippen LogP contribution in [0.1, 0.15) is 36.3 Å². The number of alkyl halides is 3. The maximum atomic E-state index is 14.3. The van der Waals surface area contributed by atoms with Crippen molar-refractivity contribution in [1.29, 1.82) is 0 Å². The number of pyridine rings is 1. The normalized spacial score (nSPS) is 20.1. The van der Waals surface area contributed by atoms with Gasteiger partial charge >= 0.3 is 12.1 Å². The number of carboxylic acid groups (broad SMARTS) is 1. The molecule has 0 aliphatic heterocycles. The molecule has 1 amide bonds. The van der Waals surface area contributed by atoms with E-state index in [1.165, 1.54) is 6.07 Å². The van der Waals surface area contributed by atoms with E-state index in [1.54, 1.807) is 36.4 Å². The molecular weight excluding hydrogens is 480 g/mol. The highest BCUT2D eigenvalue weighted by molar-refractivity contribution is 5.95. The van der Waals surface area contributed by atoms with Gasteiger partial charge in [-0.3, -0.25) is 14.4 Å². The van der Waals surface area contributed by atoms with Crippen molar-refractivity contribution < 1.29 is 32.3 Å². The average Bonchev–Trinajstić information content (AvgIpc) is 2.84. The molecule has 3 N–H and O–H groups in total. The minimum atomic E-state index is -4.74. The highest BCUT2D eigenvalue weighted by Gasteiger charge is 2.43. The van der Waals surface area contributed by atoms with Gasteiger partial charge in [-0.05, 0) is 54.2 Å². The van der Waals surface area contributed by atoms with E-state index in [1.807, 2.05) is 0 Å². The molecule has 0 radical (unpaired) electrons. The lowest BCUT2D eigenvalue weighted by Crippen LogP contribution is -2.40. The monoisotopic (exact) mass is 502 g/mol. The van der Waals surface area contributed by atoms with E-state index in [9.17, 15) is 37.1 Å². The third-order valence-electron chi connectivity index (χ3n) is 6.49. The maximum absolute atomic E-state index is 14.3. The molecule has 1 aliphatic rings. The quantitative estimate of drug-likeness (QED) is 0.406. The number of H-pyrrole nitrogens is 1. The first kappa shape index (κ1) is 25.2. The number of carbonyl (C=O) groups is 2. The zero-order valence-electron chi connectivity index (χ0n) is 18.8. The summed E-state index contributed by atoms with van der Waals surface area (Å²) < 4.78 is 52.7. The second-order valence-corrected chi connectivity index (χ2v) is 8.74. The Morgan fingerprint density at radius 2 is 1.72 bits per heavy atom. The predicted molar refractivity (Wildman–Crippen MR) is 124 cm³/mol. The molecule has 2 aromatic carbocycles. The van der Waals surface area contributed by atoms with Crippen LogP contribution in [0.25, 0.3) is 11.3 Å². The molecule has 6 nitrogen and oxygen atoms in total. The Morgan fingerprint density at radius 3 is 2.33 bits per heavy atom. The number of carboxylic acids is 1. The summed E-state index contributed by atoms with van der Waals surface area (Å²) in [5.74, 6) is -5.83. The molecule has 1 fully saturated rings. The van der Waals surface area contributed by atoms with Gasteiger partial charge in [-0.15, -0.1) is 0 Å².